The van der Waals surface area contributed by atoms with Crippen LogP contribution in [0.15, 0.2) is 35.1 Å². The van der Waals surface area contributed by atoms with Crippen LogP contribution in [0.5, 0.6) is 5.75 Å². The molecular formula is C24H27ClN6O3. The van der Waals surface area contributed by atoms with E-state index in [1.807, 2.05) is 38.1 Å². The van der Waals surface area contributed by atoms with Gasteiger partial charge in [0.25, 0.3) is 5.56 Å². The molecule has 0 radical (unpaired) electrons. The van der Waals surface area contributed by atoms with Crippen LogP contribution in [0.3, 0.4) is 0 Å². The number of aromatic nitrogens is 3. The Kier molecular flexibility index (Phi) is 6.74. The summed E-state index contributed by atoms with van der Waals surface area (Å²) in [7, 11) is 1.61. The Morgan fingerprint density at radius 2 is 2.03 bits per heavy atom. The number of rotatable bonds is 7. The molecule has 0 bridgehead atoms. The van der Waals surface area contributed by atoms with Crippen molar-refractivity contribution in [1.82, 2.24) is 19.9 Å². The first-order valence-corrected chi connectivity index (χ1v) is 11.3. The fourth-order valence-corrected chi connectivity index (χ4v) is 4.46. The van der Waals surface area contributed by atoms with Crippen molar-refractivity contribution >= 4 is 29.1 Å². The number of nitrogen functional groups attached to an aromatic ring is 1. The summed E-state index contributed by atoms with van der Waals surface area (Å²) in [5.74, 6) is 1.01. The molecule has 0 fully saturated rings. The maximum atomic E-state index is 13.3. The quantitative estimate of drug-likeness (QED) is 0.473. The predicted octanol–water partition coefficient (Wildman–Crippen LogP) is 2.92. The monoisotopic (exact) mass is 482 g/mol. The molecule has 1 atom stereocenters. The second kappa shape index (κ2) is 9.72. The molecule has 2 aromatic heterocycles. The van der Waals surface area contributed by atoms with Crippen molar-refractivity contribution in [3.05, 3.63) is 73.9 Å². The molecule has 3 heterocycles. The zero-order valence-electron chi connectivity index (χ0n) is 19.3. The Bertz CT molecular complexity index is 1310. The summed E-state index contributed by atoms with van der Waals surface area (Å²) < 4.78 is 6.77. The van der Waals surface area contributed by atoms with Crippen molar-refractivity contribution in [3.8, 4) is 5.75 Å². The lowest BCUT2D eigenvalue weighted by atomic mass is 10.1. The van der Waals surface area contributed by atoms with Gasteiger partial charge in [-0.15, -0.1) is 0 Å². The fourth-order valence-electron chi connectivity index (χ4n) is 4.19. The summed E-state index contributed by atoms with van der Waals surface area (Å²) >= 11 is 6.40. The molecular weight excluding hydrogens is 456 g/mol. The van der Waals surface area contributed by atoms with Crippen LogP contribution in [-0.2, 0) is 24.3 Å². The van der Waals surface area contributed by atoms with Crippen molar-refractivity contribution in [2.24, 2.45) is 0 Å². The summed E-state index contributed by atoms with van der Waals surface area (Å²) in [5, 5.41) is 6.20. The van der Waals surface area contributed by atoms with Crippen LogP contribution >= 0.6 is 11.6 Å². The SMILES string of the molecule is COc1cc(C)cc(CNc2nc(Cl)c3n(c2=O)[C@H](C(=O)NCc2ccc(N)nc2C)CC3)c1. The topological polar surface area (TPSA) is 124 Å². The summed E-state index contributed by atoms with van der Waals surface area (Å²) in [5.41, 5.74) is 9.47. The van der Waals surface area contributed by atoms with E-state index >= 15 is 0 Å². The number of nitrogens with one attached hydrogen (secondary N) is 2. The first-order valence-electron chi connectivity index (χ1n) is 11.0. The Morgan fingerprint density at radius 3 is 2.76 bits per heavy atom. The standard InChI is InChI=1S/C24H27ClN6O3/c1-13-8-15(10-17(9-13)34-3)11-27-22-24(33)31-18(21(25)30-22)5-6-19(31)23(32)28-12-16-4-7-20(26)29-14(16)2/h4,7-10,19H,5-6,11-12H2,1-3H3,(H2,26,29)(H,27,30)(H,28,32)/t19-/m0/s1. The van der Waals surface area contributed by atoms with E-state index in [4.69, 9.17) is 22.1 Å². The first kappa shape index (κ1) is 23.6. The normalized spacial score (nSPS) is 14.5. The van der Waals surface area contributed by atoms with Gasteiger partial charge in [0.05, 0.1) is 12.8 Å². The van der Waals surface area contributed by atoms with E-state index in [1.54, 1.807) is 13.2 Å². The molecule has 1 aromatic carbocycles. The maximum absolute atomic E-state index is 13.3. The van der Waals surface area contributed by atoms with Gasteiger partial charge in [-0.25, -0.2) is 9.97 Å². The Labute approximate surface area is 202 Å². The van der Waals surface area contributed by atoms with E-state index in [1.165, 1.54) is 4.57 Å². The number of aryl methyl sites for hydroxylation is 2. The molecule has 0 unspecified atom stereocenters. The highest BCUT2D eigenvalue weighted by Crippen LogP contribution is 2.29. The number of anilines is 2. The molecule has 1 aliphatic rings. The summed E-state index contributed by atoms with van der Waals surface area (Å²) in [6, 6.07) is 8.66. The summed E-state index contributed by atoms with van der Waals surface area (Å²) in [4.78, 5) is 34.7. The fraction of sp³-hybridized carbons (Fsp3) is 0.333. The van der Waals surface area contributed by atoms with E-state index in [9.17, 15) is 9.59 Å². The molecule has 178 valence electrons. The number of pyridine rings is 1. The predicted molar refractivity (Wildman–Crippen MR) is 131 cm³/mol. The lowest BCUT2D eigenvalue weighted by Crippen LogP contribution is -2.36. The average Bonchev–Trinajstić information content (AvgIpc) is 3.25. The molecule has 1 amide bonds. The van der Waals surface area contributed by atoms with E-state index in [2.05, 4.69) is 20.6 Å². The minimum absolute atomic E-state index is 0.104. The molecule has 4 N–H and O–H groups in total. The third-order valence-electron chi connectivity index (χ3n) is 5.91. The van der Waals surface area contributed by atoms with Crippen molar-refractivity contribution in [2.75, 3.05) is 18.2 Å². The molecule has 4 rings (SSSR count). The Hall–Kier alpha value is -3.59. The lowest BCUT2D eigenvalue weighted by Gasteiger charge is -2.17. The molecule has 34 heavy (non-hydrogen) atoms. The van der Waals surface area contributed by atoms with Gasteiger partial charge in [0.2, 0.25) is 5.91 Å². The van der Waals surface area contributed by atoms with Gasteiger partial charge in [0.1, 0.15) is 17.6 Å². The maximum Gasteiger partial charge on any atom is 0.294 e. The number of amides is 1. The van der Waals surface area contributed by atoms with Gasteiger partial charge in [-0.1, -0.05) is 23.7 Å². The lowest BCUT2D eigenvalue weighted by molar-refractivity contribution is -0.124. The van der Waals surface area contributed by atoms with Gasteiger partial charge in [-0.3, -0.25) is 14.2 Å². The Balaban J connectivity index is 1.53. The van der Waals surface area contributed by atoms with Gasteiger partial charge < -0.3 is 21.1 Å². The van der Waals surface area contributed by atoms with Crippen LogP contribution in [0, 0.1) is 13.8 Å². The van der Waals surface area contributed by atoms with Crippen molar-refractivity contribution in [3.63, 3.8) is 0 Å². The number of hydrogen-bond donors (Lipinski definition) is 3. The van der Waals surface area contributed by atoms with Crippen LogP contribution in [0.1, 0.15) is 40.5 Å². The van der Waals surface area contributed by atoms with Gasteiger partial charge in [-0.05, 0) is 61.6 Å². The zero-order valence-corrected chi connectivity index (χ0v) is 20.1. The van der Waals surface area contributed by atoms with Gasteiger partial charge >= 0.3 is 0 Å². The van der Waals surface area contributed by atoms with Gasteiger partial charge in [0, 0.05) is 18.8 Å². The molecule has 0 saturated heterocycles. The molecule has 9 nitrogen and oxygen atoms in total. The third kappa shape index (κ3) is 4.84. The van der Waals surface area contributed by atoms with Gasteiger partial charge in [0.15, 0.2) is 11.0 Å². The Morgan fingerprint density at radius 1 is 1.24 bits per heavy atom. The van der Waals surface area contributed by atoms with Crippen molar-refractivity contribution in [1.29, 1.82) is 0 Å². The number of nitrogens with zero attached hydrogens (tertiary/aromatic N) is 3. The second-order valence-corrected chi connectivity index (χ2v) is 8.70. The minimum Gasteiger partial charge on any atom is -0.497 e. The second-order valence-electron chi connectivity index (χ2n) is 8.34. The van der Waals surface area contributed by atoms with Crippen LogP contribution in [0.2, 0.25) is 5.15 Å². The van der Waals surface area contributed by atoms with Crippen LogP contribution in [-0.4, -0.2) is 27.6 Å². The number of benzene rings is 1. The van der Waals surface area contributed by atoms with Gasteiger partial charge in [-0.2, -0.15) is 0 Å². The number of halogens is 1. The number of ether oxygens (including phenoxy) is 1. The number of hydrogen-bond acceptors (Lipinski definition) is 7. The molecule has 0 saturated carbocycles. The van der Waals surface area contributed by atoms with E-state index in [-0.39, 0.29) is 29.0 Å². The third-order valence-corrected chi connectivity index (χ3v) is 6.21. The van der Waals surface area contributed by atoms with Crippen LogP contribution in [0.25, 0.3) is 0 Å². The highest BCUT2D eigenvalue weighted by Gasteiger charge is 2.32. The molecule has 3 aromatic rings. The van der Waals surface area contributed by atoms with Crippen LogP contribution < -0.4 is 26.7 Å². The smallest absolute Gasteiger partial charge is 0.294 e. The van der Waals surface area contributed by atoms with E-state index in [0.29, 0.717) is 30.9 Å². The molecule has 10 heteroatoms. The molecule has 0 aliphatic carbocycles. The summed E-state index contributed by atoms with van der Waals surface area (Å²) in [6.07, 6.45) is 0.969. The highest BCUT2D eigenvalue weighted by atomic mass is 35.5. The largest absolute Gasteiger partial charge is 0.497 e. The van der Waals surface area contributed by atoms with E-state index < -0.39 is 6.04 Å². The molecule has 1 aliphatic heterocycles. The summed E-state index contributed by atoms with van der Waals surface area (Å²) in [6.45, 7) is 4.45. The van der Waals surface area contributed by atoms with E-state index in [0.717, 1.165) is 28.1 Å². The number of fused-ring (bicyclic) bond motifs is 1. The minimum atomic E-state index is -0.662. The number of carbonyl (C=O) groups excluding carboxylic acids is 1. The highest BCUT2D eigenvalue weighted by molar-refractivity contribution is 6.30. The molecule has 0 spiro atoms. The van der Waals surface area contributed by atoms with Crippen LogP contribution in [0.4, 0.5) is 11.6 Å². The average molecular weight is 483 g/mol. The van der Waals surface area contributed by atoms with Crippen molar-refractivity contribution in [2.45, 2.75) is 45.8 Å². The number of nitrogens with two attached hydrogens (primary N) is 1. The van der Waals surface area contributed by atoms with Crippen molar-refractivity contribution < 1.29 is 9.53 Å². The number of carbonyl (C=O) groups is 1. The number of methoxy groups -OCH3 is 1. The first-order chi connectivity index (χ1) is 16.3. The zero-order chi connectivity index (χ0) is 24.4.